The zero-order valence-corrected chi connectivity index (χ0v) is 19.8. The number of thioether (sulfide) groups is 1. The summed E-state index contributed by atoms with van der Waals surface area (Å²) >= 11 is 1.92. The van der Waals surface area contributed by atoms with Gasteiger partial charge in [0.1, 0.15) is 6.04 Å². The normalized spacial score (nSPS) is 23.0. The third kappa shape index (κ3) is 6.89. The van der Waals surface area contributed by atoms with Gasteiger partial charge in [0.2, 0.25) is 11.8 Å². The molecule has 2 amide bonds. The lowest BCUT2D eigenvalue weighted by molar-refractivity contribution is -0.139. The van der Waals surface area contributed by atoms with Crippen LogP contribution in [-0.2, 0) is 9.59 Å². The second-order valence-corrected chi connectivity index (χ2v) is 10.0. The molecule has 3 aliphatic rings. The quantitative estimate of drug-likeness (QED) is 0.400. The largest absolute Gasteiger partial charge is 0.343 e. The van der Waals surface area contributed by atoms with Gasteiger partial charge in [-0.25, -0.2) is 0 Å². The highest BCUT2D eigenvalue weighted by Crippen LogP contribution is 2.30. The fraction of sp³-hybridized carbons (Fsp3) is 0.680. The predicted molar refractivity (Wildman–Crippen MR) is 128 cm³/mol. The molecule has 0 unspecified atom stereocenters. The lowest BCUT2D eigenvalue weighted by atomic mass is 9.83. The fourth-order valence-corrected chi connectivity index (χ4v) is 5.85. The average molecular weight is 444 g/mol. The van der Waals surface area contributed by atoms with Crippen molar-refractivity contribution < 1.29 is 9.59 Å². The zero-order chi connectivity index (χ0) is 22.1. The second kappa shape index (κ2) is 12.4. The number of nitrogens with one attached hydrogen (secondary N) is 2. The molecule has 0 bridgehead atoms. The maximum Gasteiger partial charge on any atom is 0.245 e. The van der Waals surface area contributed by atoms with Gasteiger partial charge in [-0.05, 0) is 81.5 Å². The van der Waals surface area contributed by atoms with Crippen molar-refractivity contribution in [3.05, 3.63) is 35.3 Å². The van der Waals surface area contributed by atoms with Crippen LogP contribution in [0.15, 0.2) is 35.3 Å². The molecule has 2 fully saturated rings. The lowest BCUT2D eigenvalue weighted by Crippen LogP contribution is -2.56. The molecule has 0 spiro atoms. The van der Waals surface area contributed by atoms with Gasteiger partial charge >= 0.3 is 0 Å². The molecular formula is C25H37N3O2S. The van der Waals surface area contributed by atoms with Crippen LogP contribution in [0, 0.1) is 5.92 Å². The number of amides is 2. The third-order valence-corrected chi connectivity index (χ3v) is 7.85. The standard InChI is InChI=1S/C25H37N3O2S/c1-19(26-2)24(29)27-23(21-12-7-4-8-13-21)25(30)28-16-9-14-22(28)18-31-17-15-20-10-5-3-6-11-20/h5,10-11,19,21-23,26H,4,7-9,12-18H2,1-2H3,(H,27,29)/t19-,22-,23-/m0/s1. The van der Waals surface area contributed by atoms with Crippen LogP contribution in [0.5, 0.6) is 0 Å². The predicted octanol–water partition coefficient (Wildman–Crippen LogP) is 3.58. The van der Waals surface area contributed by atoms with Gasteiger partial charge in [0.05, 0.1) is 6.04 Å². The molecule has 3 atom stereocenters. The Bertz CT molecular complexity index is 759. The molecule has 3 rings (SSSR count). The van der Waals surface area contributed by atoms with Crippen molar-refractivity contribution in [1.82, 2.24) is 15.5 Å². The van der Waals surface area contributed by atoms with E-state index in [4.69, 9.17) is 0 Å². The first-order valence-electron chi connectivity index (χ1n) is 11.8. The van der Waals surface area contributed by atoms with E-state index in [1.54, 1.807) is 7.05 Å². The summed E-state index contributed by atoms with van der Waals surface area (Å²) in [7, 11) is 1.78. The summed E-state index contributed by atoms with van der Waals surface area (Å²) in [6, 6.07) is -0.403. The van der Waals surface area contributed by atoms with Crippen molar-refractivity contribution in [2.75, 3.05) is 25.1 Å². The van der Waals surface area contributed by atoms with E-state index < -0.39 is 0 Å². The highest BCUT2D eigenvalue weighted by molar-refractivity contribution is 7.99. The van der Waals surface area contributed by atoms with E-state index >= 15 is 0 Å². The van der Waals surface area contributed by atoms with Crippen LogP contribution in [0.2, 0.25) is 0 Å². The van der Waals surface area contributed by atoms with Gasteiger partial charge in [-0.3, -0.25) is 9.59 Å². The number of allylic oxidation sites excluding steroid dienone is 4. The number of carbonyl (C=O) groups is 2. The maximum absolute atomic E-state index is 13.6. The van der Waals surface area contributed by atoms with Crippen LogP contribution in [-0.4, -0.2) is 59.9 Å². The molecule has 0 aromatic heterocycles. The van der Waals surface area contributed by atoms with Crippen LogP contribution < -0.4 is 10.6 Å². The van der Waals surface area contributed by atoms with Crippen molar-refractivity contribution in [2.24, 2.45) is 5.92 Å². The van der Waals surface area contributed by atoms with Crippen LogP contribution in [0.4, 0.5) is 0 Å². The van der Waals surface area contributed by atoms with Crippen LogP contribution in [0.3, 0.4) is 0 Å². The Labute approximate surface area is 191 Å². The number of rotatable bonds is 10. The van der Waals surface area contributed by atoms with Crippen LogP contribution in [0.1, 0.15) is 58.3 Å². The Balaban J connectivity index is 1.57. The Morgan fingerprint density at radius 2 is 2.00 bits per heavy atom. The van der Waals surface area contributed by atoms with E-state index in [1.807, 2.05) is 30.8 Å². The minimum Gasteiger partial charge on any atom is -0.343 e. The van der Waals surface area contributed by atoms with E-state index in [0.29, 0.717) is 0 Å². The molecule has 1 saturated heterocycles. The van der Waals surface area contributed by atoms with Gasteiger partial charge in [-0.2, -0.15) is 11.8 Å². The van der Waals surface area contributed by atoms with E-state index in [-0.39, 0.29) is 35.9 Å². The molecule has 1 heterocycles. The number of hydrogen-bond acceptors (Lipinski definition) is 4. The Kier molecular flexibility index (Phi) is 9.54. The molecule has 0 radical (unpaired) electrons. The summed E-state index contributed by atoms with van der Waals surface area (Å²) in [6.45, 7) is 2.66. The van der Waals surface area contributed by atoms with Gasteiger partial charge in [-0.1, -0.05) is 30.7 Å². The first-order chi connectivity index (χ1) is 15.1. The van der Waals surface area contributed by atoms with Crippen molar-refractivity contribution in [2.45, 2.75) is 76.4 Å². The van der Waals surface area contributed by atoms with Gasteiger partial charge < -0.3 is 15.5 Å². The topological polar surface area (TPSA) is 61.4 Å². The minimum absolute atomic E-state index is 0.0755. The molecule has 1 aliphatic heterocycles. The lowest BCUT2D eigenvalue weighted by Gasteiger charge is -2.35. The molecule has 0 aromatic carbocycles. The van der Waals surface area contributed by atoms with Crippen LogP contribution >= 0.6 is 11.8 Å². The first kappa shape index (κ1) is 23.9. The minimum atomic E-state index is -0.384. The summed E-state index contributed by atoms with van der Waals surface area (Å²) in [4.78, 5) is 28.3. The maximum atomic E-state index is 13.6. The molecule has 31 heavy (non-hydrogen) atoms. The van der Waals surface area contributed by atoms with Gasteiger partial charge in [0.15, 0.2) is 0 Å². The molecular weight excluding hydrogens is 406 g/mol. The van der Waals surface area contributed by atoms with Crippen molar-refractivity contribution in [3.8, 4) is 0 Å². The van der Waals surface area contributed by atoms with E-state index in [0.717, 1.165) is 63.0 Å². The summed E-state index contributed by atoms with van der Waals surface area (Å²) in [6.07, 6.45) is 14.7. The average Bonchev–Trinajstić information content (AvgIpc) is 3.29. The molecule has 2 aliphatic carbocycles. The number of hydrogen-bond donors (Lipinski definition) is 2. The number of likely N-dealkylation sites (N-methyl/N-ethyl adjacent to an activating group) is 1. The molecule has 2 N–H and O–H groups in total. The Morgan fingerprint density at radius 1 is 1.19 bits per heavy atom. The summed E-state index contributed by atoms with van der Waals surface area (Å²) in [5, 5.41) is 6.11. The molecule has 5 nitrogen and oxygen atoms in total. The van der Waals surface area contributed by atoms with Crippen molar-refractivity contribution in [3.63, 3.8) is 0 Å². The summed E-state index contributed by atoms with van der Waals surface area (Å²) < 4.78 is 0. The number of carbonyl (C=O) groups excluding carboxylic acids is 2. The summed E-state index contributed by atoms with van der Waals surface area (Å²) in [5.74, 6) is 2.33. The molecule has 170 valence electrons. The molecule has 0 aromatic rings. The van der Waals surface area contributed by atoms with Gasteiger partial charge in [0, 0.05) is 18.3 Å². The smallest absolute Gasteiger partial charge is 0.245 e. The molecule has 6 heteroatoms. The van der Waals surface area contributed by atoms with Crippen molar-refractivity contribution >= 4 is 23.6 Å². The highest BCUT2D eigenvalue weighted by atomic mass is 32.2. The summed E-state index contributed by atoms with van der Waals surface area (Å²) in [5.41, 5.74) is 7.23. The second-order valence-electron chi connectivity index (χ2n) is 8.89. The van der Waals surface area contributed by atoms with Gasteiger partial charge in [-0.15, -0.1) is 0 Å². The highest BCUT2D eigenvalue weighted by Gasteiger charge is 2.38. The van der Waals surface area contributed by atoms with E-state index in [1.165, 1.54) is 12.0 Å². The Morgan fingerprint density at radius 3 is 2.71 bits per heavy atom. The molecule has 1 saturated carbocycles. The number of likely N-dealkylation sites (tertiary alicyclic amines) is 1. The number of nitrogens with zero attached hydrogens (tertiary/aromatic N) is 1. The monoisotopic (exact) mass is 443 g/mol. The van der Waals surface area contributed by atoms with Crippen LogP contribution in [0.25, 0.3) is 0 Å². The SMILES string of the molecule is CN[C@@H](C)C(=O)N[C@H](C(=O)N1CCC[C@H]1CSCCC1=CC=C=C=C1)C1CCCCC1. The van der Waals surface area contributed by atoms with E-state index in [2.05, 4.69) is 33.1 Å². The van der Waals surface area contributed by atoms with Gasteiger partial charge in [0.25, 0.3) is 0 Å². The third-order valence-electron chi connectivity index (χ3n) is 6.74. The Hall–Kier alpha value is -1.71. The van der Waals surface area contributed by atoms with E-state index in [9.17, 15) is 9.59 Å². The first-order valence-corrected chi connectivity index (χ1v) is 13.0. The fourth-order valence-electron chi connectivity index (χ4n) is 4.68. The zero-order valence-electron chi connectivity index (χ0n) is 19.0. The van der Waals surface area contributed by atoms with Crippen molar-refractivity contribution in [1.29, 1.82) is 0 Å².